The third-order valence-corrected chi connectivity index (χ3v) is 4.09. The van der Waals surface area contributed by atoms with Gasteiger partial charge in [0, 0.05) is 16.8 Å². The van der Waals surface area contributed by atoms with Gasteiger partial charge in [-0.2, -0.15) is 8.78 Å². The summed E-state index contributed by atoms with van der Waals surface area (Å²) in [5.74, 6) is -1.18. The maximum Gasteiger partial charge on any atom is 0.388 e. The summed E-state index contributed by atoms with van der Waals surface area (Å²) < 4.78 is 30.0. The van der Waals surface area contributed by atoms with Crippen molar-refractivity contribution in [1.82, 2.24) is 4.98 Å². The second kappa shape index (κ2) is 8.14. The van der Waals surface area contributed by atoms with E-state index in [0.29, 0.717) is 22.6 Å². The molecule has 4 nitrogen and oxygen atoms in total. The molecule has 3 aromatic rings. The van der Waals surface area contributed by atoms with E-state index < -0.39 is 12.6 Å². The van der Waals surface area contributed by atoms with Gasteiger partial charge < -0.3 is 9.84 Å². The zero-order chi connectivity index (χ0) is 19.4. The first-order valence-corrected chi connectivity index (χ1v) is 8.32. The number of carboxylic acid groups (broad SMARTS) is 1. The summed E-state index contributed by atoms with van der Waals surface area (Å²) in [6, 6.07) is 14.9. The molecule has 0 saturated heterocycles. The number of pyridine rings is 1. The van der Waals surface area contributed by atoms with Gasteiger partial charge >= 0.3 is 12.6 Å². The predicted molar refractivity (Wildman–Crippen MR) is 97.5 cm³/mol. The summed E-state index contributed by atoms with van der Waals surface area (Å²) in [5.41, 5.74) is 2.82. The van der Waals surface area contributed by atoms with Crippen LogP contribution in [0.4, 0.5) is 8.78 Å². The molecular formula is C20H14ClF2NO3. The van der Waals surface area contributed by atoms with Gasteiger partial charge in [-0.15, -0.1) is 0 Å². The van der Waals surface area contributed by atoms with Gasteiger partial charge in [0.2, 0.25) is 5.88 Å². The van der Waals surface area contributed by atoms with Gasteiger partial charge in [-0.1, -0.05) is 35.9 Å². The van der Waals surface area contributed by atoms with Crippen LogP contribution in [0, 0.1) is 0 Å². The topological polar surface area (TPSA) is 59.4 Å². The smallest absolute Gasteiger partial charge is 0.388 e. The highest BCUT2D eigenvalue weighted by molar-refractivity contribution is 6.30. The molecule has 1 aromatic heterocycles. The number of benzene rings is 2. The molecule has 0 amide bonds. The number of nitrogens with zero attached hydrogens (tertiary/aromatic N) is 1. The Morgan fingerprint density at radius 3 is 2.48 bits per heavy atom. The number of ether oxygens (including phenoxy) is 1. The van der Waals surface area contributed by atoms with Gasteiger partial charge in [-0.25, -0.2) is 9.78 Å². The largest absolute Gasteiger partial charge is 0.478 e. The third-order valence-electron chi connectivity index (χ3n) is 3.85. The Bertz CT molecular complexity index is 962. The molecule has 0 aliphatic carbocycles. The lowest BCUT2D eigenvalue weighted by Gasteiger charge is -2.12. The fourth-order valence-electron chi connectivity index (χ4n) is 2.63. The lowest BCUT2D eigenvalue weighted by molar-refractivity contribution is -0.0524. The highest BCUT2D eigenvalue weighted by atomic mass is 35.5. The van der Waals surface area contributed by atoms with Crippen LogP contribution in [0.3, 0.4) is 0 Å². The van der Waals surface area contributed by atoms with E-state index in [4.69, 9.17) is 16.7 Å². The molecule has 0 fully saturated rings. The number of carboxylic acids is 1. The van der Waals surface area contributed by atoms with Crippen LogP contribution in [0.5, 0.6) is 5.88 Å². The van der Waals surface area contributed by atoms with E-state index in [1.807, 2.05) is 0 Å². The van der Waals surface area contributed by atoms with E-state index in [0.717, 1.165) is 11.1 Å². The number of hydrogen-bond donors (Lipinski definition) is 1. The standard InChI is InChI=1S/C20H14ClF2NO3/c21-16-3-1-2-15(10-16)17-9-13(11-24-18(17)27-20(22)23)8-12-4-6-14(7-5-12)19(25)26/h1-7,9-11,20H,8H2,(H,25,26). The highest BCUT2D eigenvalue weighted by Crippen LogP contribution is 2.32. The number of halogens is 3. The number of alkyl halides is 2. The van der Waals surface area contributed by atoms with Gasteiger partial charge in [0.1, 0.15) is 0 Å². The van der Waals surface area contributed by atoms with E-state index >= 15 is 0 Å². The fraction of sp³-hybridized carbons (Fsp3) is 0.100. The highest BCUT2D eigenvalue weighted by Gasteiger charge is 2.14. The Morgan fingerprint density at radius 2 is 1.85 bits per heavy atom. The summed E-state index contributed by atoms with van der Waals surface area (Å²) in [7, 11) is 0. The second-order valence-electron chi connectivity index (χ2n) is 5.76. The van der Waals surface area contributed by atoms with Crippen LogP contribution < -0.4 is 4.74 Å². The van der Waals surface area contributed by atoms with Crippen LogP contribution in [0.1, 0.15) is 21.5 Å². The number of rotatable bonds is 6. The first-order chi connectivity index (χ1) is 12.9. The zero-order valence-corrected chi connectivity index (χ0v) is 14.7. The normalized spacial score (nSPS) is 10.8. The van der Waals surface area contributed by atoms with Gasteiger partial charge in [-0.3, -0.25) is 0 Å². The average Bonchev–Trinajstić information content (AvgIpc) is 2.63. The Balaban J connectivity index is 1.95. The molecule has 0 radical (unpaired) electrons. The summed E-state index contributed by atoms with van der Waals surface area (Å²) >= 11 is 6.01. The van der Waals surface area contributed by atoms with E-state index in [2.05, 4.69) is 9.72 Å². The Labute approximate surface area is 159 Å². The maximum absolute atomic E-state index is 12.7. The van der Waals surface area contributed by atoms with Crippen molar-refractivity contribution in [3.05, 3.63) is 82.5 Å². The molecule has 7 heteroatoms. The minimum atomic E-state index is -3.00. The minimum Gasteiger partial charge on any atom is -0.478 e. The third kappa shape index (κ3) is 4.80. The molecule has 1 heterocycles. The molecule has 0 unspecified atom stereocenters. The summed E-state index contributed by atoms with van der Waals surface area (Å²) in [6.45, 7) is -3.00. The number of aromatic nitrogens is 1. The van der Waals surface area contributed by atoms with E-state index in [9.17, 15) is 13.6 Å². The maximum atomic E-state index is 12.7. The van der Waals surface area contributed by atoms with E-state index in [-0.39, 0.29) is 11.4 Å². The van der Waals surface area contributed by atoms with Crippen molar-refractivity contribution >= 4 is 17.6 Å². The molecule has 138 valence electrons. The Kier molecular flexibility index (Phi) is 5.66. The van der Waals surface area contributed by atoms with Gasteiger partial charge in [0.15, 0.2) is 0 Å². The van der Waals surface area contributed by atoms with Crippen molar-refractivity contribution in [3.63, 3.8) is 0 Å². The van der Waals surface area contributed by atoms with Crippen LogP contribution in [0.15, 0.2) is 60.8 Å². The van der Waals surface area contributed by atoms with E-state index in [1.54, 1.807) is 42.5 Å². The predicted octanol–water partition coefficient (Wildman–Crippen LogP) is 5.29. The quantitative estimate of drug-likeness (QED) is 0.622. The monoisotopic (exact) mass is 389 g/mol. The van der Waals surface area contributed by atoms with Crippen molar-refractivity contribution in [2.75, 3.05) is 0 Å². The molecule has 0 aliphatic heterocycles. The zero-order valence-electron chi connectivity index (χ0n) is 13.9. The second-order valence-corrected chi connectivity index (χ2v) is 6.20. The SMILES string of the molecule is O=C(O)c1ccc(Cc2cnc(OC(F)F)c(-c3cccc(Cl)c3)c2)cc1. The average molecular weight is 390 g/mol. The van der Waals surface area contributed by atoms with Crippen LogP contribution in [0.25, 0.3) is 11.1 Å². The van der Waals surface area contributed by atoms with Crippen LogP contribution in [-0.2, 0) is 6.42 Å². The molecule has 2 aromatic carbocycles. The van der Waals surface area contributed by atoms with Gasteiger partial charge in [0.05, 0.1) is 5.56 Å². The van der Waals surface area contributed by atoms with Crippen LogP contribution >= 0.6 is 11.6 Å². The molecule has 0 atom stereocenters. The first kappa shape index (κ1) is 18.8. The summed E-state index contributed by atoms with van der Waals surface area (Å²) in [6.07, 6.45) is 1.91. The number of aromatic carboxylic acids is 1. The molecule has 0 saturated carbocycles. The van der Waals surface area contributed by atoms with Crippen molar-refractivity contribution in [1.29, 1.82) is 0 Å². The number of carbonyl (C=O) groups is 1. The van der Waals surface area contributed by atoms with Gasteiger partial charge in [-0.05, 0) is 53.4 Å². The number of hydrogen-bond acceptors (Lipinski definition) is 3. The summed E-state index contributed by atoms with van der Waals surface area (Å²) in [5, 5.41) is 9.42. The Morgan fingerprint density at radius 1 is 1.11 bits per heavy atom. The first-order valence-electron chi connectivity index (χ1n) is 7.94. The minimum absolute atomic E-state index is 0.183. The lowest BCUT2D eigenvalue weighted by Crippen LogP contribution is -2.06. The summed E-state index contributed by atoms with van der Waals surface area (Å²) in [4.78, 5) is 15.0. The van der Waals surface area contributed by atoms with Crippen molar-refractivity contribution in [2.45, 2.75) is 13.0 Å². The van der Waals surface area contributed by atoms with Crippen molar-refractivity contribution in [3.8, 4) is 17.0 Å². The van der Waals surface area contributed by atoms with Crippen molar-refractivity contribution < 1.29 is 23.4 Å². The molecule has 0 aliphatic rings. The molecule has 27 heavy (non-hydrogen) atoms. The van der Waals surface area contributed by atoms with Crippen molar-refractivity contribution in [2.24, 2.45) is 0 Å². The lowest BCUT2D eigenvalue weighted by atomic mass is 10.0. The fourth-order valence-corrected chi connectivity index (χ4v) is 2.82. The van der Waals surface area contributed by atoms with Crippen LogP contribution in [-0.4, -0.2) is 22.7 Å². The van der Waals surface area contributed by atoms with E-state index in [1.165, 1.54) is 18.3 Å². The Hall–Kier alpha value is -2.99. The van der Waals surface area contributed by atoms with Crippen LogP contribution in [0.2, 0.25) is 5.02 Å². The molecular weight excluding hydrogens is 376 g/mol. The molecule has 3 rings (SSSR count). The molecule has 0 spiro atoms. The molecule has 1 N–H and O–H groups in total. The molecule has 0 bridgehead atoms. The van der Waals surface area contributed by atoms with Gasteiger partial charge in [0.25, 0.3) is 0 Å².